The molecule has 2 aromatic rings. The van der Waals surface area contributed by atoms with Crippen LogP contribution in [0.15, 0.2) is 16.7 Å². The summed E-state index contributed by atoms with van der Waals surface area (Å²) in [5.41, 5.74) is 7.59. The fourth-order valence-corrected chi connectivity index (χ4v) is 1.91. The van der Waals surface area contributed by atoms with Gasteiger partial charge < -0.3 is 5.73 Å². The summed E-state index contributed by atoms with van der Waals surface area (Å²) in [5, 5.41) is 4.08. The molecule has 0 fully saturated rings. The third kappa shape index (κ3) is 1.80. The number of nitrogen functional groups attached to an aromatic ring is 1. The minimum atomic E-state index is 0.461. The SMILES string of the molecule is CCc1nc(-c2ccnn2C)nc(N)c1Br. The van der Waals surface area contributed by atoms with Crippen LogP contribution in [0.5, 0.6) is 0 Å². The van der Waals surface area contributed by atoms with Crippen molar-refractivity contribution in [2.45, 2.75) is 13.3 Å². The van der Waals surface area contributed by atoms with E-state index in [9.17, 15) is 0 Å². The van der Waals surface area contributed by atoms with Crippen molar-refractivity contribution in [3.05, 3.63) is 22.4 Å². The van der Waals surface area contributed by atoms with Crippen LogP contribution in [0.1, 0.15) is 12.6 Å². The maximum atomic E-state index is 5.83. The van der Waals surface area contributed by atoms with Crippen LogP contribution in [-0.2, 0) is 13.5 Å². The van der Waals surface area contributed by atoms with E-state index in [4.69, 9.17) is 5.73 Å². The van der Waals surface area contributed by atoms with E-state index in [1.165, 1.54) is 0 Å². The van der Waals surface area contributed by atoms with E-state index < -0.39 is 0 Å². The van der Waals surface area contributed by atoms with Crippen LogP contribution in [0.25, 0.3) is 11.5 Å². The Balaban J connectivity index is 2.59. The molecule has 0 aromatic carbocycles. The average Bonchev–Trinajstić information content (AvgIpc) is 2.68. The molecule has 84 valence electrons. The minimum Gasteiger partial charge on any atom is -0.383 e. The summed E-state index contributed by atoms with van der Waals surface area (Å²) in [7, 11) is 1.85. The molecule has 0 saturated heterocycles. The largest absolute Gasteiger partial charge is 0.383 e. The number of hydrogen-bond donors (Lipinski definition) is 1. The molecule has 0 amide bonds. The number of aromatic nitrogens is 4. The lowest BCUT2D eigenvalue weighted by Crippen LogP contribution is -2.04. The van der Waals surface area contributed by atoms with Crippen LogP contribution in [0.4, 0.5) is 5.82 Å². The van der Waals surface area contributed by atoms with Gasteiger partial charge >= 0.3 is 0 Å². The zero-order chi connectivity index (χ0) is 11.7. The number of halogens is 1. The standard InChI is InChI=1S/C10H12BrN5/c1-3-6-8(11)9(12)15-10(14-6)7-4-5-13-16(7)2/h4-5H,3H2,1-2H3,(H2,12,14,15). The molecule has 0 aliphatic heterocycles. The molecule has 5 nitrogen and oxygen atoms in total. The summed E-state index contributed by atoms with van der Waals surface area (Å²) >= 11 is 3.38. The number of nitrogens with zero attached hydrogens (tertiary/aromatic N) is 4. The molecule has 0 atom stereocenters. The van der Waals surface area contributed by atoms with Crippen LogP contribution in [0.2, 0.25) is 0 Å². The Bertz CT molecular complexity index is 520. The van der Waals surface area contributed by atoms with E-state index in [1.807, 2.05) is 20.0 Å². The van der Waals surface area contributed by atoms with Crippen LogP contribution in [0, 0.1) is 0 Å². The summed E-state index contributed by atoms with van der Waals surface area (Å²) in [6, 6.07) is 1.86. The summed E-state index contributed by atoms with van der Waals surface area (Å²) in [4.78, 5) is 8.70. The van der Waals surface area contributed by atoms with Crippen molar-refractivity contribution < 1.29 is 0 Å². The fraction of sp³-hybridized carbons (Fsp3) is 0.300. The van der Waals surface area contributed by atoms with E-state index in [0.29, 0.717) is 11.6 Å². The highest BCUT2D eigenvalue weighted by Gasteiger charge is 2.12. The van der Waals surface area contributed by atoms with Gasteiger partial charge in [-0.05, 0) is 28.4 Å². The average molecular weight is 282 g/mol. The normalized spacial score (nSPS) is 10.7. The van der Waals surface area contributed by atoms with Crippen molar-refractivity contribution >= 4 is 21.7 Å². The van der Waals surface area contributed by atoms with Gasteiger partial charge in [-0.25, -0.2) is 9.97 Å². The zero-order valence-corrected chi connectivity index (χ0v) is 10.7. The Morgan fingerprint density at radius 2 is 2.19 bits per heavy atom. The Labute approximate surface area is 102 Å². The predicted molar refractivity (Wildman–Crippen MR) is 65.7 cm³/mol. The van der Waals surface area contributed by atoms with Crippen molar-refractivity contribution in [2.75, 3.05) is 5.73 Å². The first-order valence-corrected chi connectivity index (χ1v) is 5.73. The van der Waals surface area contributed by atoms with Crippen LogP contribution in [0.3, 0.4) is 0 Å². The number of rotatable bonds is 2. The third-order valence-corrected chi connectivity index (χ3v) is 3.19. The summed E-state index contributed by atoms with van der Waals surface area (Å²) < 4.78 is 2.50. The van der Waals surface area contributed by atoms with E-state index in [1.54, 1.807) is 10.9 Å². The lowest BCUT2D eigenvalue weighted by molar-refractivity contribution is 0.768. The number of nitrogens with two attached hydrogens (primary N) is 1. The zero-order valence-electron chi connectivity index (χ0n) is 9.11. The van der Waals surface area contributed by atoms with Crippen molar-refractivity contribution in [1.82, 2.24) is 19.7 Å². The predicted octanol–water partition coefficient (Wildman–Crippen LogP) is 1.78. The van der Waals surface area contributed by atoms with Crippen molar-refractivity contribution in [1.29, 1.82) is 0 Å². The van der Waals surface area contributed by atoms with Gasteiger partial charge in [0.1, 0.15) is 11.5 Å². The van der Waals surface area contributed by atoms with Gasteiger partial charge in [0, 0.05) is 13.2 Å². The molecule has 0 unspecified atom stereocenters. The first-order valence-electron chi connectivity index (χ1n) is 4.93. The van der Waals surface area contributed by atoms with Gasteiger partial charge in [0.25, 0.3) is 0 Å². The number of anilines is 1. The lowest BCUT2D eigenvalue weighted by atomic mass is 10.3. The first-order chi connectivity index (χ1) is 7.63. The minimum absolute atomic E-state index is 0.461. The highest BCUT2D eigenvalue weighted by Crippen LogP contribution is 2.24. The highest BCUT2D eigenvalue weighted by atomic mass is 79.9. The maximum absolute atomic E-state index is 5.83. The van der Waals surface area contributed by atoms with E-state index in [-0.39, 0.29) is 0 Å². The molecule has 0 spiro atoms. The number of hydrogen-bond acceptors (Lipinski definition) is 4. The lowest BCUT2D eigenvalue weighted by Gasteiger charge is -2.07. The maximum Gasteiger partial charge on any atom is 0.180 e. The van der Waals surface area contributed by atoms with Gasteiger partial charge in [-0.15, -0.1) is 0 Å². The van der Waals surface area contributed by atoms with E-state index >= 15 is 0 Å². The van der Waals surface area contributed by atoms with Gasteiger partial charge in [-0.3, -0.25) is 4.68 Å². The molecule has 2 N–H and O–H groups in total. The molecule has 2 aromatic heterocycles. The monoisotopic (exact) mass is 281 g/mol. The van der Waals surface area contributed by atoms with Gasteiger partial charge in [0.2, 0.25) is 0 Å². The smallest absolute Gasteiger partial charge is 0.180 e. The van der Waals surface area contributed by atoms with Crippen molar-refractivity contribution in [3.63, 3.8) is 0 Å². The second-order valence-corrected chi connectivity index (χ2v) is 4.18. The van der Waals surface area contributed by atoms with E-state index in [2.05, 4.69) is 31.0 Å². The molecule has 0 radical (unpaired) electrons. The first kappa shape index (κ1) is 11.1. The molecule has 16 heavy (non-hydrogen) atoms. The van der Waals surface area contributed by atoms with Gasteiger partial charge in [-0.1, -0.05) is 6.92 Å². The molecular weight excluding hydrogens is 270 g/mol. The van der Waals surface area contributed by atoms with Crippen LogP contribution >= 0.6 is 15.9 Å². The molecule has 0 bridgehead atoms. The Morgan fingerprint density at radius 3 is 2.75 bits per heavy atom. The van der Waals surface area contributed by atoms with Gasteiger partial charge in [0.15, 0.2) is 5.82 Å². The fourth-order valence-electron chi connectivity index (χ4n) is 1.45. The quantitative estimate of drug-likeness (QED) is 0.911. The van der Waals surface area contributed by atoms with Gasteiger partial charge in [-0.2, -0.15) is 5.10 Å². The molecular formula is C10H12BrN5. The second-order valence-electron chi connectivity index (χ2n) is 3.39. The molecule has 2 rings (SSSR count). The Kier molecular flexibility index (Phi) is 2.91. The molecule has 0 aliphatic rings. The summed E-state index contributed by atoms with van der Waals surface area (Å²) in [5.74, 6) is 1.07. The molecule has 6 heteroatoms. The Morgan fingerprint density at radius 1 is 1.44 bits per heavy atom. The molecule has 2 heterocycles. The van der Waals surface area contributed by atoms with Gasteiger partial charge in [0.05, 0.1) is 10.2 Å². The number of aryl methyl sites for hydroxylation is 2. The summed E-state index contributed by atoms with van der Waals surface area (Å²) in [6.07, 6.45) is 2.51. The van der Waals surface area contributed by atoms with Crippen molar-refractivity contribution in [2.24, 2.45) is 7.05 Å². The highest BCUT2D eigenvalue weighted by molar-refractivity contribution is 9.10. The molecule has 0 saturated carbocycles. The van der Waals surface area contributed by atoms with E-state index in [0.717, 1.165) is 22.3 Å². The van der Waals surface area contributed by atoms with Crippen molar-refractivity contribution in [3.8, 4) is 11.5 Å². The third-order valence-electron chi connectivity index (χ3n) is 2.33. The summed E-state index contributed by atoms with van der Waals surface area (Å²) in [6.45, 7) is 2.03. The Hall–Kier alpha value is -1.43. The van der Waals surface area contributed by atoms with Crippen LogP contribution in [-0.4, -0.2) is 19.7 Å². The molecule has 0 aliphatic carbocycles. The van der Waals surface area contributed by atoms with Crippen LogP contribution < -0.4 is 5.73 Å². The second kappa shape index (κ2) is 4.21. The topological polar surface area (TPSA) is 69.6 Å².